The first-order chi connectivity index (χ1) is 23.5. The Morgan fingerprint density at radius 2 is 1.63 bits per heavy atom. The van der Waals surface area contributed by atoms with Crippen molar-refractivity contribution in [1.29, 1.82) is 0 Å². The number of benzene rings is 1. The molecule has 0 spiro atoms. The number of nitrogens with zero attached hydrogens (tertiary/aromatic N) is 6. The molecule has 4 aliphatic heterocycles. The van der Waals surface area contributed by atoms with Gasteiger partial charge in [-0.15, -0.1) is 0 Å². The van der Waals surface area contributed by atoms with Gasteiger partial charge < -0.3 is 19.7 Å². The van der Waals surface area contributed by atoms with Gasteiger partial charge in [-0.2, -0.15) is 0 Å². The quantitative estimate of drug-likeness (QED) is 0.364. The van der Waals surface area contributed by atoms with Crippen molar-refractivity contribution in [3.8, 4) is 0 Å². The number of amides is 4. The highest BCUT2D eigenvalue weighted by Crippen LogP contribution is 2.34. The summed E-state index contributed by atoms with van der Waals surface area (Å²) in [5.41, 5.74) is 2.86. The van der Waals surface area contributed by atoms with Crippen molar-refractivity contribution in [3.05, 3.63) is 74.7 Å². The van der Waals surface area contributed by atoms with E-state index in [9.17, 15) is 24.0 Å². The molecule has 4 aliphatic rings. The number of hydrogen-bond acceptors (Lipinski definition) is 10. The molecule has 2 N–H and O–H groups in total. The molecular formula is C35H39BrN8O5. The van der Waals surface area contributed by atoms with Gasteiger partial charge in [-0.05, 0) is 85.4 Å². The highest BCUT2D eigenvalue weighted by Gasteiger charge is 2.45. The van der Waals surface area contributed by atoms with E-state index >= 15 is 0 Å². The van der Waals surface area contributed by atoms with E-state index < -0.39 is 29.7 Å². The number of pyridine rings is 2. The van der Waals surface area contributed by atoms with E-state index in [0.29, 0.717) is 28.7 Å². The Kier molecular flexibility index (Phi) is 8.78. The van der Waals surface area contributed by atoms with Crippen LogP contribution in [0.1, 0.15) is 60.2 Å². The van der Waals surface area contributed by atoms with Gasteiger partial charge in [0.1, 0.15) is 17.5 Å². The zero-order chi connectivity index (χ0) is 34.6. The molecule has 14 heteroatoms. The SMILES string of the molecule is CC1CN([C@H]2CCN(c3ccc4c(c3)C(=O)N(C3CCC(=O)NC3=O)C4=O)[C@H](C)C2)CCN1c1ccc(Nc2cc(Br)cn(C)c2=O)nc1. The van der Waals surface area contributed by atoms with Gasteiger partial charge in [-0.3, -0.25) is 39.1 Å². The molecule has 1 aromatic carbocycles. The maximum Gasteiger partial charge on any atom is 0.274 e. The molecule has 2 unspecified atom stereocenters. The van der Waals surface area contributed by atoms with E-state index in [1.165, 1.54) is 4.57 Å². The summed E-state index contributed by atoms with van der Waals surface area (Å²) in [6.45, 7) is 7.99. The number of imide groups is 2. The van der Waals surface area contributed by atoms with Crippen LogP contribution in [0.2, 0.25) is 0 Å². The summed E-state index contributed by atoms with van der Waals surface area (Å²) >= 11 is 3.44. The first-order valence-electron chi connectivity index (χ1n) is 16.7. The lowest BCUT2D eigenvalue weighted by atomic mass is 9.94. The van der Waals surface area contributed by atoms with Crippen molar-refractivity contribution in [3.63, 3.8) is 0 Å². The van der Waals surface area contributed by atoms with Crippen LogP contribution in [0.3, 0.4) is 0 Å². The lowest BCUT2D eigenvalue weighted by molar-refractivity contribution is -0.136. The molecule has 256 valence electrons. The smallest absolute Gasteiger partial charge is 0.274 e. The van der Waals surface area contributed by atoms with Crippen LogP contribution in [0, 0.1) is 0 Å². The van der Waals surface area contributed by atoms with Crippen LogP contribution in [0.5, 0.6) is 0 Å². The Morgan fingerprint density at radius 1 is 0.878 bits per heavy atom. The first kappa shape index (κ1) is 33.0. The summed E-state index contributed by atoms with van der Waals surface area (Å²) < 4.78 is 2.32. The molecule has 4 amide bonds. The fourth-order valence-electron chi connectivity index (χ4n) is 7.73. The molecule has 0 aliphatic carbocycles. The zero-order valence-electron chi connectivity index (χ0n) is 27.7. The maximum atomic E-state index is 13.4. The highest BCUT2D eigenvalue weighted by atomic mass is 79.9. The number of piperidine rings is 2. The molecule has 0 bridgehead atoms. The third kappa shape index (κ3) is 6.23. The van der Waals surface area contributed by atoms with Crippen LogP contribution in [0.4, 0.5) is 22.9 Å². The summed E-state index contributed by atoms with van der Waals surface area (Å²) in [4.78, 5) is 76.0. The Hall–Kier alpha value is -4.56. The minimum absolute atomic E-state index is 0.0926. The van der Waals surface area contributed by atoms with E-state index in [-0.39, 0.29) is 30.5 Å². The van der Waals surface area contributed by atoms with Crippen LogP contribution in [0.15, 0.2) is 58.1 Å². The number of carbonyl (C=O) groups excluding carboxylic acids is 4. The van der Waals surface area contributed by atoms with E-state index in [2.05, 4.69) is 60.1 Å². The van der Waals surface area contributed by atoms with Gasteiger partial charge in [0.2, 0.25) is 11.8 Å². The summed E-state index contributed by atoms with van der Waals surface area (Å²) in [6, 6.07) is 11.0. The molecule has 13 nitrogen and oxygen atoms in total. The van der Waals surface area contributed by atoms with Crippen LogP contribution >= 0.6 is 15.9 Å². The monoisotopic (exact) mass is 730 g/mol. The largest absolute Gasteiger partial charge is 0.369 e. The van der Waals surface area contributed by atoms with E-state index in [4.69, 9.17) is 0 Å². The standard InChI is InChI=1S/C35H39BrN8O5/c1-20-14-23(10-11-42(20)24-4-6-26-27(16-24)34(48)44(33(26)47)29-7-9-31(45)39-32(29)46)41-12-13-43(21(2)18-41)25-5-8-30(37-17-25)38-28-15-22(36)19-40(3)35(28)49/h4-6,8,15-17,19-21,23,29H,7,9-14,18H2,1-3H3,(H,37,38)(H,39,45,46)/t20-,21?,23+,29?/m1/s1. The van der Waals surface area contributed by atoms with Gasteiger partial charge >= 0.3 is 0 Å². The van der Waals surface area contributed by atoms with Crippen LogP contribution < -0.4 is 26.0 Å². The highest BCUT2D eigenvalue weighted by molar-refractivity contribution is 9.10. The van der Waals surface area contributed by atoms with Crippen molar-refractivity contribution in [2.24, 2.45) is 7.05 Å². The van der Waals surface area contributed by atoms with Gasteiger partial charge in [0, 0.05) is 74.1 Å². The number of carbonyl (C=O) groups is 4. The molecule has 0 saturated carbocycles. The second kappa shape index (κ2) is 13.0. The third-order valence-corrected chi connectivity index (χ3v) is 10.7. The molecular weight excluding hydrogens is 692 g/mol. The Bertz CT molecular complexity index is 1900. The number of nitrogens with one attached hydrogen (secondary N) is 2. The van der Waals surface area contributed by atoms with E-state index in [1.807, 2.05) is 24.4 Å². The van der Waals surface area contributed by atoms with E-state index in [0.717, 1.165) is 59.8 Å². The maximum absolute atomic E-state index is 13.4. The van der Waals surface area contributed by atoms with Gasteiger partial charge in [-0.25, -0.2) is 4.98 Å². The van der Waals surface area contributed by atoms with E-state index in [1.54, 1.807) is 31.4 Å². The van der Waals surface area contributed by atoms with Crippen molar-refractivity contribution < 1.29 is 19.2 Å². The Balaban J connectivity index is 0.959. The molecule has 2 aromatic heterocycles. The molecule has 0 radical (unpaired) electrons. The second-order valence-corrected chi connectivity index (χ2v) is 14.4. The number of fused-ring (bicyclic) bond motifs is 1. The average molecular weight is 732 g/mol. The summed E-state index contributed by atoms with van der Waals surface area (Å²) in [5.74, 6) is -1.36. The number of piperazine rings is 1. The molecule has 49 heavy (non-hydrogen) atoms. The number of aromatic nitrogens is 2. The Labute approximate surface area is 292 Å². The van der Waals surface area contributed by atoms with Crippen LogP contribution in [-0.4, -0.2) is 93.3 Å². The van der Waals surface area contributed by atoms with Crippen LogP contribution in [0.25, 0.3) is 0 Å². The van der Waals surface area contributed by atoms with Crippen molar-refractivity contribution >= 4 is 62.4 Å². The number of halogens is 1. The summed E-state index contributed by atoms with van der Waals surface area (Å²) in [7, 11) is 1.71. The topological polar surface area (TPSA) is 140 Å². The lowest BCUT2D eigenvalue weighted by Gasteiger charge is -2.48. The van der Waals surface area contributed by atoms with Gasteiger partial charge in [0.25, 0.3) is 17.4 Å². The minimum atomic E-state index is -0.974. The summed E-state index contributed by atoms with van der Waals surface area (Å²) in [5, 5.41) is 5.38. The molecule has 3 saturated heterocycles. The minimum Gasteiger partial charge on any atom is -0.369 e. The Morgan fingerprint density at radius 3 is 2.35 bits per heavy atom. The number of aryl methyl sites for hydroxylation is 1. The molecule has 3 aromatic rings. The number of rotatable bonds is 6. The van der Waals surface area contributed by atoms with Crippen LogP contribution in [-0.2, 0) is 16.6 Å². The lowest BCUT2D eigenvalue weighted by Crippen LogP contribution is -2.58. The molecule has 6 heterocycles. The average Bonchev–Trinajstić information content (AvgIpc) is 3.32. The van der Waals surface area contributed by atoms with Gasteiger partial charge in [-0.1, -0.05) is 0 Å². The van der Waals surface area contributed by atoms with Gasteiger partial charge in [0.15, 0.2) is 0 Å². The molecule has 4 atom stereocenters. The van der Waals surface area contributed by atoms with Gasteiger partial charge in [0.05, 0.1) is 23.0 Å². The van der Waals surface area contributed by atoms with Crippen molar-refractivity contribution in [2.45, 2.75) is 63.7 Å². The normalized spacial score (nSPS) is 24.7. The predicted molar refractivity (Wildman–Crippen MR) is 188 cm³/mol. The molecule has 7 rings (SSSR count). The number of anilines is 4. The molecule has 3 fully saturated rings. The van der Waals surface area contributed by atoms with Crippen molar-refractivity contribution in [1.82, 2.24) is 24.7 Å². The fraction of sp³-hybridized carbons (Fsp3) is 0.429. The fourth-order valence-corrected chi connectivity index (χ4v) is 8.27. The second-order valence-electron chi connectivity index (χ2n) is 13.4. The van der Waals surface area contributed by atoms with Crippen molar-refractivity contribution in [2.75, 3.05) is 41.3 Å². The number of hydrogen-bond donors (Lipinski definition) is 2. The zero-order valence-corrected chi connectivity index (χ0v) is 29.3. The predicted octanol–water partition coefficient (Wildman–Crippen LogP) is 3.26. The first-order valence-corrected chi connectivity index (χ1v) is 17.5. The third-order valence-electron chi connectivity index (χ3n) is 10.3. The summed E-state index contributed by atoms with van der Waals surface area (Å²) in [6.07, 6.45) is 5.75.